The number of para-hydroxylation sites is 1. The first-order valence-electron chi connectivity index (χ1n) is 8.87. The number of benzene rings is 2. The van der Waals surface area contributed by atoms with Gasteiger partial charge in [0.2, 0.25) is 5.88 Å². The summed E-state index contributed by atoms with van der Waals surface area (Å²) in [7, 11) is 1.71. The Bertz CT molecular complexity index is 947. The van der Waals surface area contributed by atoms with Gasteiger partial charge in [0.1, 0.15) is 0 Å². The lowest BCUT2D eigenvalue weighted by atomic mass is 9.90. The Morgan fingerprint density at radius 3 is 2.62 bits per heavy atom. The lowest BCUT2D eigenvalue weighted by Crippen LogP contribution is -2.30. The van der Waals surface area contributed by atoms with Crippen LogP contribution in [0.2, 0.25) is 0 Å². The molecule has 0 spiro atoms. The summed E-state index contributed by atoms with van der Waals surface area (Å²) >= 11 is 0. The maximum absolute atomic E-state index is 12.7. The minimum atomic E-state index is -0.420. The predicted octanol–water partition coefficient (Wildman–Crippen LogP) is 4.30. The van der Waals surface area contributed by atoms with Crippen molar-refractivity contribution in [3.05, 3.63) is 65.9 Å². The molecule has 1 amide bonds. The second-order valence-corrected chi connectivity index (χ2v) is 6.36. The zero-order valence-corrected chi connectivity index (χ0v) is 15.0. The third-order valence-corrected chi connectivity index (χ3v) is 4.80. The quantitative estimate of drug-likeness (QED) is 0.709. The molecule has 0 unspecified atom stereocenters. The highest BCUT2D eigenvalue weighted by atomic mass is 16.6. The summed E-state index contributed by atoms with van der Waals surface area (Å²) in [5.74, 6) is 0.530. The largest absolute Gasteiger partial charge is 0.420 e. The Morgan fingerprint density at radius 1 is 1.12 bits per heavy atom. The smallest absolute Gasteiger partial charge is 0.390 e. The molecule has 0 N–H and O–H groups in total. The van der Waals surface area contributed by atoms with Crippen LogP contribution in [0, 0.1) is 0 Å². The molecule has 0 saturated heterocycles. The Balaban J connectivity index is 1.72. The van der Waals surface area contributed by atoms with E-state index in [0.29, 0.717) is 12.4 Å². The Labute approximate surface area is 152 Å². The number of amides is 1. The van der Waals surface area contributed by atoms with Crippen LogP contribution in [0.4, 0.5) is 10.5 Å². The number of nitrogens with zero attached hydrogens (tertiary/aromatic N) is 3. The Morgan fingerprint density at radius 2 is 1.85 bits per heavy atom. The first kappa shape index (κ1) is 16.4. The molecule has 0 fully saturated rings. The van der Waals surface area contributed by atoms with Crippen molar-refractivity contribution in [2.75, 3.05) is 11.9 Å². The summed E-state index contributed by atoms with van der Waals surface area (Å²) in [5.41, 5.74) is 5.11. The van der Waals surface area contributed by atoms with Gasteiger partial charge in [0.25, 0.3) is 0 Å². The highest BCUT2D eigenvalue weighted by Gasteiger charge is 2.28. The molecule has 1 aliphatic rings. The van der Waals surface area contributed by atoms with Gasteiger partial charge in [-0.25, -0.2) is 9.48 Å². The van der Waals surface area contributed by atoms with E-state index in [2.05, 4.69) is 17.2 Å². The number of carbonyl (C=O) groups excluding carboxylic acids is 1. The van der Waals surface area contributed by atoms with Gasteiger partial charge < -0.3 is 4.74 Å². The molecule has 5 heteroatoms. The van der Waals surface area contributed by atoms with Crippen molar-refractivity contribution in [1.82, 2.24) is 9.78 Å². The van der Waals surface area contributed by atoms with Gasteiger partial charge in [-0.1, -0.05) is 42.5 Å². The molecule has 0 radical (unpaired) electrons. The number of hydrogen-bond acceptors (Lipinski definition) is 3. The fourth-order valence-corrected chi connectivity index (χ4v) is 3.40. The summed E-state index contributed by atoms with van der Waals surface area (Å²) in [6, 6.07) is 17.7. The SMILES string of the molecule is CCn1nc2c(c1OC(=O)N(C)c1ccccc1)-c1ccccc1CC2. The van der Waals surface area contributed by atoms with Gasteiger partial charge in [-0.15, -0.1) is 0 Å². The van der Waals surface area contributed by atoms with Crippen LogP contribution < -0.4 is 9.64 Å². The molecule has 26 heavy (non-hydrogen) atoms. The van der Waals surface area contributed by atoms with Crippen molar-refractivity contribution in [3.8, 4) is 17.0 Å². The van der Waals surface area contributed by atoms with Crippen LogP contribution in [0.3, 0.4) is 0 Å². The Kier molecular flexibility index (Phi) is 4.21. The topological polar surface area (TPSA) is 47.4 Å². The van der Waals surface area contributed by atoms with Crippen LogP contribution in [0.5, 0.6) is 5.88 Å². The average molecular weight is 347 g/mol. The molecule has 0 bridgehead atoms. The molecular weight excluding hydrogens is 326 g/mol. The van der Waals surface area contributed by atoms with Crippen LogP contribution in [0.25, 0.3) is 11.1 Å². The molecule has 2 aromatic carbocycles. The molecule has 1 aliphatic carbocycles. The molecule has 0 aliphatic heterocycles. The predicted molar refractivity (Wildman–Crippen MR) is 102 cm³/mol. The van der Waals surface area contributed by atoms with Crippen molar-refractivity contribution in [2.45, 2.75) is 26.3 Å². The summed E-state index contributed by atoms with van der Waals surface area (Å²) in [6.45, 7) is 2.65. The van der Waals surface area contributed by atoms with Gasteiger partial charge in [0, 0.05) is 19.3 Å². The van der Waals surface area contributed by atoms with E-state index in [0.717, 1.165) is 35.3 Å². The normalized spacial score (nSPS) is 12.2. The highest BCUT2D eigenvalue weighted by molar-refractivity contribution is 5.90. The van der Waals surface area contributed by atoms with Gasteiger partial charge in [-0.05, 0) is 43.0 Å². The third kappa shape index (κ3) is 2.75. The van der Waals surface area contributed by atoms with Gasteiger partial charge in [0.15, 0.2) is 0 Å². The summed E-state index contributed by atoms with van der Waals surface area (Å²) in [6.07, 6.45) is 1.40. The molecule has 1 heterocycles. The summed E-state index contributed by atoms with van der Waals surface area (Å²) in [5, 5.41) is 4.67. The van der Waals surface area contributed by atoms with Gasteiger partial charge >= 0.3 is 6.09 Å². The fraction of sp³-hybridized carbons (Fsp3) is 0.238. The van der Waals surface area contributed by atoms with Crippen molar-refractivity contribution in [1.29, 1.82) is 0 Å². The molecule has 4 rings (SSSR count). The number of anilines is 1. The van der Waals surface area contributed by atoms with E-state index < -0.39 is 6.09 Å². The van der Waals surface area contributed by atoms with E-state index in [1.54, 1.807) is 11.7 Å². The zero-order valence-electron chi connectivity index (χ0n) is 15.0. The average Bonchev–Trinajstić information content (AvgIpc) is 3.06. The van der Waals surface area contributed by atoms with E-state index in [9.17, 15) is 4.79 Å². The first-order valence-corrected chi connectivity index (χ1v) is 8.87. The van der Waals surface area contributed by atoms with E-state index in [1.165, 1.54) is 10.5 Å². The standard InChI is InChI=1S/C21H21N3O2/c1-3-24-20(26-21(25)23(2)16-10-5-4-6-11-16)19-17-12-8-7-9-15(17)13-14-18(19)22-24/h4-12H,3,13-14H2,1-2H3. The Hall–Kier alpha value is -3.08. The maximum atomic E-state index is 12.7. The number of fused-ring (bicyclic) bond motifs is 3. The summed E-state index contributed by atoms with van der Waals surface area (Å²) < 4.78 is 7.62. The maximum Gasteiger partial charge on any atom is 0.420 e. The molecular formula is C21H21N3O2. The minimum absolute atomic E-state index is 0.420. The second-order valence-electron chi connectivity index (χ2n) is 6.36. The number of carbonyl (C=O) groups is 1. The van der Waals surface area contributed by atoms with Gasteiger partial charge in [-0.3, -0.25) is 4.90 Å². The molecule has 3 aromatic rings. The van der Waals surface area contributed by atoms with Crippen LogP contribution >= 0.6 is 0 Å². The van der Waals surface area contributed by atoms with Crippen molar-refractivity contribution in [3.63, 3.8) is 0 Å². The number of hydrogen-bond donors (Lipinski definition) is 0. The van der Waals surface area contributed by atoms with E-state index >= 15 is 0 Å². The second kappa shape index (κ2) is 6.67. The van der Waals surface area contributed by atoms with Crippen LogP contribution in [0.1, 0.15) is 18.2 Å². The van der Waals surface area contributed by atoms with Crippen LogP contribution in [-0.4, -0.2) is 22.9 Å². The van der Waals surface area contributed by atoms with Crippen molar-refractivity contribution < 1.29 is 9.53 Å². The van der Waals surface area contributed by atoms with Gasteiger partial charge in [0.05, 0.1) is 11.3 Å². The lowest BCUT2D eigenvalue weighted by molar-refractivity contribution is 0.204. The molecule has 0 saturated carbocycles. The van der Waals surface area contributed by atoms with Gasteiger partial charge in [-0.2, -0.15) is 5.10 Å². The fourth-order valence-electron chi connectivity index (χ4n) is 3.40. The van der Waals surface area contributed by atoms with Crippen molar-refractivity contribution in [2.24, 2.45) is 0 Å². The molecule has 5 nitrogen and oxygen atoms in total. The molecule has 1 aromatic heterocycles. The molecule has 132 valence electrons. The highest BCUT2D eigenvalue weighted by Crippen LogP contribution is 2.40. The first-order chi connectivity index (χ1) is 12.7. The summed E-state index contributed by atoms with van der Waals surface area (Å²) in [4.78, 5) is 14.2. The molecule has 0 atom stereocenters. The van der Waals surface area contributed by atoms with E-state index in [1.807, 2.05) is 49.4 Å². The number of aryl methyl sites for hydroxylation is 3. The minimum Gasteiger partial charge on any atom is -0.390 e. The zero-order chi connectivity index (χ0) is 18.1. The van der Waals surface area contributed by atoms with Crippen LogP contribution in [0.15, 0.2) is 54.6 Å². The van der Waals surface area contributed by atoms with Crippen LogP contribution in [-0.2, 0) is 19.4 Å². The van der Waals surface area contributed by atoms with Crippen molar-refractivity contribution >= 4 is 11.8 Å². The lowest BCUT2D eigenvalue weighted by Gasteiger charge is -2.19. The number of ether oxygens (including phenoxy) is 1. The third-order valence-electron chi connectivity index (χ3n) is 4.80. The van der Waals surface area contributed by atoms with E-state index in [4.69, 9.17) is 4.74 Å². The van der Waals surface area contributed by atoms with E-state index in [-0.39, 0.29) is 0 Å². The number of aromatic nitrogens is 2. The monoisotopic (exact) mass is 347 g/mol. The number of rotatable bonds is 3.